The fourth-order valence-corrected chi connectivity index (χ4v) is 6.69. The fraction of sp³-hybridized carbons (Fsp3) is 0.474. The summed E-state index contributed by atoms with van der Waals surface area (Å²) in [5.74, 6) is 0.479. The highest BCUT2D eigenvalue weighted by atomic mass is 35.5. The number of nitrogens with zero attached hydrogens (tertiary/aromatic N) is 2. The van der Waals surface area contributed by atoms with Crippen molar-refractivity contribution in [3.63, 3.8) is 0 Å². The number of hydrogen-bond acceptors (Lipinski definition) is 5. The summed E-state index contributed by atoms with van der Waals surface area (Å²) in [6.45, 7) is 3.15. The number of piperidine rings is 1. The lowest BCUT2D eigenvalue weighted by Crippen LogP contribution is -2.47. The molecule has 0 N–H and O–H groups in total. The zero-order valence-corrected chi connectivity index (χ0v) is 17.6. The first-order valence-corrected chi connectivity index (χ1v) is 11.8. The molecule has 1 saturated heterocycles. The topological polar surface area (TPSA) is 49.9 Å². The second-order valence-electron chi connectivity index (χ2n) is 7.02. The van der Waals surface area contributed by atoms with E-state index in [-0.39, 0.29) is 4.90 Å². The van der Waals surface area contributed by atoms with Gasteiger partial charge in [-0.15, -0.1) is 11.3 Å². The molecule has 0 amide bonds. The minimum atomic E-state index is -3.53. The molecular formula is C19H23ClN2O3S2. The number of methoxy groups -OCH3 is 1. The van der Waals surface area contributed by atoms with E-state index in [1.807, 2.05) is 11.3 Å². The maximum Gasteiger partial charge on any atom is 0.243 e. The van der Waals surface area contributed by atoms with Crippen LogP contribution >= 0.6 is 22.9 Å². The van der Waals surface area contributed by atoms with Crippen LogP contribution in [-0.2, 0) is 23.0 Å². The summed E-state index contributed by atoms with van der Waals surface area (Å²) in [6, 6.07) is 7.32. The highest BCUT2D eigenvalue weighted by molar-refractivity contribution is 7.89. The monoisotopic (exact) mass is 426 g/mol. The third kappa shape index (κ3) is 3.76. The SMILES string of the molecule is COc1ccc(S(=O)(=O)N2CCC(N3CCc4sccc4C3)CC2)cc1Cl. The molecule has 5 nitrogen and oxygen atoms in total. The first-order chi connectivity index (χ1) is 13.0. The van der Waals surface area contributed by atoms with Gasteiger partial charge >= 0.3 is 0 Å². The summed E-state index contributed by atoms with van der Waals surface area (Å²) in [7, 11) is -2.01. The number of thiophene rings is 1. The smallest absolute Gasteiger partial charge is 0.243 e. The Morgan fingerprint density at radius 3 is 2.67 bits per heavy atom. The summed E-state index contributed by atoms with van der Waals surface area (Å²) in [5.41, 5.74) is 1.44. The first-order valence-electron chi connectivity index (χ1n) is 9.12. The lowest BCUT2D eigenvalue weighted by atomic mass is 10.0. The van der Waals surface area contributed by atoms with Crippen LogP contribution in [0.2, 0.25) is 5.02 Å². The zero-order chi connectivity index (χ0) is 19.0. The number of halogens is 1. The maximum absolute atomic E-state index is 13.0. The molecule has 2 aromatic rings. The van der Waals surface area contributed by atoms with E-state index in [0.717, 1.165) is 32.4 Å². The largest absolute Gasteiger partial charge is 0.495 e. The second kappa shape index (κ2) is 7.72. The molecule has 1 aromatic heterocycles. The van der Waals surface area contributed by atoms with Gasteiger partial charge in [0, 0.05) is 37.1 Å². The van der Waals surface area contributed by atoms with Crippen LogP contribution in [0, 0.1) is 0 Å². The molecule has 2 aliphatic rings. The number of hydrogen-bond donors (Lipinski definition) is 0. The molecule has 0 bridgehead atoms. The van der Waals surface area contributed by atoms with Gasteiger partial charge in [-0.05, 0) is 54.5 Å². The van der Waals surface area contributed by atoms with Crippen LogP contribution in [0.25, 0.3) is 0 Å². The van der Waals surface area contributed by atoms with Gasteiger partial charge in [0.15, 0.2) is 0 Å². The van der Waals surface area contributed by atoms with E-state index in [9.17, 15) is 8.42 Å². The van der Waals surface area contributed by atoms with Crippen molar-refractivity contribution in [2.45, 2.75) is 36.7 Å². The van der Waals surface area contributed by atoms with Crippen LogP contribution in [0.5, 0.6) is 5.75 Å². The van der Waals surface area contributed by atoms with E-state index in [4.69, 9.17) is 16.3 Å². The normalized spacial score (nSPS) is 19.8. The van der Waals surface area contributed by atoms with Crippen LogP contribution in [0.4, 0.5) is 0 Å². The van der Waals surface area contributed by atoms with Gasteiger partial charge in [0.05, 0.1) is 17.0 Å². The maximum atomic E-state index is 13.0. The Balaban J connectivity index is 1.42. The molecule has 1 aromatic carbocycles. The van der Waals surface area contributed by atoms with E-state index in [1.54, 1.807) is 16.4 Å². The zero-order valence-electron chi connectivity index (χ0n) is 15.2. The summed E-state index contributed by atoms with van der Waals surface area (Å²) in [4.78, 5) is 4.25. The highest BCUT2D eigenvalue weighted by Gasteiger charge is 2.33. The van der Waals surface area contributed by atoms with Gasteiger partial charge < -0.3 is 4.74 Å². The molecule has 1 fully saturated rings. The van der Waals surface area contributed by atoms with Crippen molar-refractivity contribution in [1.82, 2.24) is 9.21 Å². The van der Waals surface area contributed by atoms with Crippen molar-refractivity contribution in [2.24, 2.45) is 0 Å². The number of rotatable bonds is 4. The molecule has 0 unspecified atom stereocenters. The van der Waals surface area contributed by atoms with Crippen LogP contribution in [0.15, 0.2) is 34.5 Å². The minimum Gasteiger partial charge on any atom is -0.495 e. The summed E-state index contributed by atoms with van der Waals surface area (Å²) in [5, 5.41) is 2.48. The van der Waals surface area contributed by atoms with Crippen molar-refractivity contribution in [2.75, 3.05) is 26.7 Å². The molecule has 0 saturated carbocycles. The van der Waals surface area contributed by atoms with Gasteiger partial charge in [0.1, 0.15) is 5.75 Å². The standard InChI is InChI=1S/C19H23ClN2O3S2/c1-25-18-3-2-16(12-17(18)20)27(23,24)22-9-4-15(5-10-22)21-8-6-19-14(13-21)7-11-26-19/h2-3,7,11-12,15H,4-6,8-10,13H2,1H3. The Labute approximate surface area is 169 Å². The molecule has 8 heteroatoms. The summed E-state index contributed by atoms with van der Waals surface area (Å²) < 4.78 is 32.6. The van der Waals surface area contributed by atoms with E-state index < -0.39 is 10.0 Å². The van der Waals surface area contributed by atoms with Crippen LogP contribution in [-0.4, -0.2) is 50.4 Å². The predicted molar refractivity (Wildman–Crippen MR) is 108 cm³/mol. The Kier molecular flexibility index (Phi) is 5.49. The van der Waals surface area contributed by atoms with E-state index in [2.05, 4.69) is 16.3 Å². The van der Waals surface area contributed by atoms with Gasteiger partial charge in [0.25, 0.3) is 0 Å². The third-order valence-corrected chi connectivity index (χ3v) is 8.75. The summed E-state index contributed by atoms with van der Waals surface area (Å²) >= 11 is 7.96. The lowest BCUT2D eigenvalue weighted by molar-refractivity contribution is 0.127. The molecule has 146 valence electrons. The average Bonchev–Trinajstić information content (AvgIpc) is 3.16. The van der Waals surface area contributed by atoms with Crippen molar-refractivity contribution in [3.8, 4) is 5.75 Å². The Hall–Kier alpha value is -1.12. The van der Waals surface area contributed by atoms with Crippen molar-refractivity contribution >= 4 is 33.0 Å². The molecule has 3 heterocycles. The number of ether oxygens (including phenoxy) is 1. The number of benzene rings is 1. The van der Waals surface area contributed by atoms with Gasteiger partial charge in [-0.25, -0.2) is 8.42 Å². The lowest BCUT2D eigenvalue weighted by Gasteiger charge is -2.39. The van der Waals surface area contributed by atoms with Crippen molar-refractivity contribution in [1.29, 1.82) is 0 Å². The fourth-order valence-electron chi connectivity index (χ4n) is 3.99. The van der Waals surface area contributed by atoms with Crippen molar-refractivity contribution in [3.05, 3.63) is 45.1 Å². The van der Waals surface area contributed by atoms with Gasteiger partial charge in [-0.3, -0.25) is 4.90 Å². The van der Waals surface area contributed by atoms with Gasteiger partial charge in [-0.2, -0.15) is 4.31 Å². The quantitative estimate of drug-likeness (QED) is 0.749. The first kappa shape index (κ1) is 19.2. The van der Waals surface area contributed by atoms with Gasteiger partial charge in [0.2, 0.25) is 10.0 Å². The molecule has 27 heavy (non-hydrogen) atoms. The average molecular weight is 427 g/mol. The summed E-state index contributed by atoms with van der Waals surface area (Å²) in [6.07, 6.45) is 2.83. The Morgan fingerprint density at radius 1 is 1.19 bits per heavy atom. The molecule has 0 atom stereocenters. The Morgan fingerprint density at radius 2 is 1.96 bits per heavy atom. The molecule has 2 aliphatic heterocycles. The number of fused-ring (bicyclic) bond motifs is 1. The molecule has 0 spiro atoms. The second-order valence-corrected chi connectivity index (χ2v) is 10.4. The van der Waals surface area contributed by atoms with E-state index in [0.29, 0.717) is 29.9 Å². The van der Waals surface area contributed by atoms with E-state index >= 15 is 0 Å². The van der Waals surface area contributed by atoms with Crippen molar-refractivity contribution < 1.29 is 13.2 Å². The molecule has 4 rings (SSSR count). The number of sulfonamides is 1. The van der Waals surface area contributed by atoms with Crippen LogP contribution < -0.4 is 4.74 Å². The molecule has 0 aliphatic carbocycles. The minimum absolute atomic E-state index is 0.229. The highest BCUT2D eigenvalue weighted by Crippen LogP contribution is 2.31. The van der Waals surface area contributed by atoms with E-state index in [1.165, 1.54) is 23.6 Å². The van der Waals surface area contributed by atoms with Gasteiger partial charge in [-0.1, -0.05) is 11.6 Å². The Bertz CT molecular complexity index is 921. The predicted octanol–water partition coefficient (Wildman–Crippen LogP) is 3.62. The van der Waals surface area contributed by atoms with Crippen LogP contribution in [0.3, 0.4) is 0 Å². The third-order valence-electron chi connectivity index (χ3n) is 5.54. The molecule has 0 radical (unpaired) electrons. The van der Waals surface area contributed by atoms with Crippen LogP contribution in [0.1, 0.15) is 23.3 Å². The molecular weight excluding hydrogens is 404 g/mol.